The van der Waals surface area contributed by atoms with Gasteiger partial charge in [-0.05, 0) is 18.2 Å². The molecule has 0 saturated heterocycles. The molecule has 3 nitrogen and oxygen atoms in total. The smallest absolute Gasteiger partial charge is 0.255 e. The lowest BCUT2D eigenvalue weighted by Crippen LogP contribution is -1.90. The Kier molecular flexibility index (Phi) is 2.58. The second-order valence-corrected chi connectivity index (χ2v) is 4.41. The molecular weight excluding hydrogens is 243 g/mol. The fourth-order valence-corrected chi connectivity index (χ4v) is 2.15. The molecular formula is C8H4Cl2N2OS. The summed E-state index contributed by atoms with van der Waals surface area (Å²) in [7, 11) is 0. The van der Waals surface area contributed by atoms with E-state index in [2.05, 4.69) is 10.2 Å². The van der Waals surface area contributed by atoms with Crippen LogP contribution in [-0.2, 0) is 0 Å². The van der Waals surface area contributed by atoms with Gasteiger partial charge in [-0.25, -0.2) is 5.10 Å². The van der Waals surface area contributed by atoms with Crippen molar-refractivity contribution in [2.24, 2.45) is 0 Å². The van der Waals surface area contributed by atoms with E-state index >= 15 is 0 Å². The van der Waals surface area contributed by atoms with Crippen molar-refractivity contribution in [3.05, 3.63) is 37.9 Å². The van der Waals surface area contributed by atoms with E-state index < -0.39 is 0 Å². The van der Waals surface area contributed by atoms with Gasteiger partial charge in [0, 0.05) is 15.6 Å². The third-order valence-electron chi connectivity index (χ3n) is 1.55. The summed E-state index contributed by atoms with van der Waals surface area (Å²) in [5, 5.41) is 7.79. The summed E-state index contributed by atoms with van der Waals surface area (Å²) in [4.78, 5) is 10.7. The zero-order chi connectivity index (χ0) is 10.1. The number of nitrogens with zero attached hydrogens (tertiary/aromatic N) is 1. The lowest BCUT2D eigenvalue weighted by molar-refractivity contribution is 1.06. The molecule has 0 fully saturated rings. The first-order valence-corrected chi connectivity index (χ1v) is 5.24. The Morgan fingerprint density at radius 2 is 1.86 bits per heavy atom. The average Bonchev–Trinajstić information content (AvgIpc) is 2.50. The quantitative estimate of drug-likeness (QED) is 0.842. The first kappa shape index (κ1) is 9.71. The number of aromatic nitrogens is 2. The lowest BCUT2D eigenvalue weighted by Gasteiger charge is -1.97. The van der Waals surface area contributed by atoms with Crippen molar-refractivity contribution in [1.29, 1.82) is 0 Å². The Bertz CT molecular complexity index is 500. The number of hydrogen-bond donors (Lipinski definition) is 1. The number of rotatable bonds is 1. The van der Waals surface area contributed by atoms with E-state index in [9.17, 15) is 4.79 Å². The van der Waals surface area contributed by atoms with Gasteiger partial charge in [-0.3, -0.25) is 4.79 Å². The van der Waals surface area contributed by atoms with Crippen LogP contribution in [0.4, 0.5) is 0 Å². The highest BCUT2D eigenvalue weighted by atomic mass is 35.5. The van der Waals surface area contributed by atoms with E-state index in [1.54, 1.807) is 18.2 Å². The number of hydrogen-bond acceptors (Lipinski definition) is 3. The molecule has 1 aromatic heterocycles. The number of halogens is 2. The van der Waals surface area contributed by atoms with Gasteiger partial charge < -0.3 is 0 Å². The van der Waals surface area contributed by atoms with Crippen molar-refractivity contribution in [2.75, 3.05) is 0 Å². The standard InChI is InChI=1S/C8H4Cl2N2OS/c9-5-1-4(2-6(10)3-5)7-11-12-8(13)14-7/h1-3H,(H,12,13). The molecule has 2 rings (SSSR count). The zero-order valence-corrected chi connectivity index (χ0v) is 9.08. The van der Waals surface area contributed by atoms with E-state index in [1.807, 2.05) is 0 Å². The molecule has 0 amide bonds. The first-order valence-electron chi connectivity index (χ1n) is 3.67. The maximum absolute atomic E-state index is 10.9. The molecule has 0 aliphatic carbocycles. The Labute approximate surface area is 93.3 Å². The van der Waals surface area contributed by atoms with E-state index in [0.717, 1.165) is 16.9 Å². The Balaban J connectivity index is 2.56. The zero-order valence-electron chi connectivity index (χ0n) is 6.75. The Morgan fingerprint density at radius 3 is 2.36 bits per heavy atom. The van der Waals surface area contributed by atoms with Crippen molar-refractivity contribution in [3.63, 3.8) is 0 Å². The van der Waals surface area contributed by atoms with Crippen LogP contribution in [0.2, 0.25) is 10.0 Å². The van der Waals surface area contributed by atoms with Gasteiger partial charge in [0.05, 0.1) is 0 Å². The van der Waals surface area contributed by atoms with E-state index in [1.165, 1.54) is 0 Å². The van der Waals surface area contributed by atoms with Gasteiger partial charge in [0.15, 0.2) is 0 Å². The molecule has 2 aromatic rings. The van der Waals surface area contributed by atoms with E-state index in [-0.39, 0.29) is 4.87 Å². The van der Waals surface area contributed by atoms with Crippen LogP contribution in [0.5, 0.6) is 0 Å². The van der Waals surface area contributed by atoms with Crippen molar-refractivity contribution in [2.45, 2.75) is 0 Å². The van der Waals surface area contributed by atoms with Crippen molar-refractivity contribution in [3.8, 4) is 10.6 Å². The average molecular weight is 247 g/mol. The van der Waals surface area contributed by atoms with Crippen LogP contribution in [-0.4, -0.2) is 10.2 Å². The molecule has 0 aliphatic heterocycles. The van der Waals surface area contributed by atoms with Crippen molar-refractivity contribution in [1.82, 2.24) is 10.2 Å². The highest BCUT2D eigenvalue weighted by molar-refractivity contribution is 7.12. The van der Waals surface area contributed by atoms with Crippen LogP contribution < -0.4 is 4.87 Å². The topological polar surface area (TPSA) is 45.8 Å². The van der Waals surface area contributed by atoms with Gasteiger partial charge in [0.25, 0.3) is 0 Å². The summed E-state index contributed by atoms with van der Waals surface area (Å²) in [6, 6.07) is 5.04. The molecule has 1 aromatic carbocycles. The van der Waals surface area contributed by atoms with Gasteiger partial charge in [-0.2, -0.15) is 5.10 Å². The number of nitrogens with one attached hydrogen (secondary N) is 1. The maximum atomic E-state index is 10.9. The maximum Gasteiger partial charge on any atom is 0.322 e. The molecule has 14 heavy (non-hydrogen) atoms. The van der Waals surface area contributed by atoms with Gasteiger partial charge in [-0.1, -0.05) is 34.5 Å². The normalized spacial score (nSPS) is 10.4. The van der Waals surface area contributed by atoms with Gasteiger partial charge in [-0.15, -0.1) is 0 Å². The second-order valence-electron chi connectivity index (χ2n) is 2.58. The SMILES string of the molecule is O=c1[nH]nc(-c2cc(Cl)cc(Cl)c2)s1. The monoisotopic (exact) mass is 246 g/mol. The van der Waals surface area contributed by atoms with Crippen LogP contribution in [0.1, 0.15) is 0 Å². The minimum atomic E-state index is -0.198. The predicted octanol–water partition coefficient (Wildman–Crippen LogP) is 2.81. The molecule has 0 spiro atoms. The van der Waals surface area contributed by atoms with Gasteiger partial charge in [0.1, 0.15) is 5.01 Å². The summed E-state index contributed by atoms with van der Waals surface area (Å²) in [5.41, 5.74) is 0.742. The first-order chi connectivity index (χ1) is 6.65. The molecule has 6 heteroatoms. The predicted molar refractivity (Wildman–Crippen MR) is 58.2 cm³/mol. The number of benzene rings is 1. The Morgan fingerprint density at radius 1 is 1.21 bits per heavy atom. The lowest BCUT2D eigenvalue weighted by atomic mass is 10.2. The summed E-state index contributed by atoms with van der Waals surface area (Å²) >= 11 is 12.6. The van der Waals surface area contributed by atoms with Crippen molar-refractivity contribution >= 4 is 34.5 Å². The molecule has 0 aliphatic rings. The fraction of sp³-hybridized carbons (Fsp3) is 0. The largest absolute Gasteiger partial charge is 0.322 e. The molecule has 72 valence electrons. The summed E-state index contributed by atoms with van der Waals surface area (Å²) < 4.78 is 0. The van der Waals surface area contributed by atoms with Crippen LogP contribution >= 0.6 is 34.5 Å². The number of H-pyrrole nitrogens is 1. The highest BCUT2D eigenvalue weighted by Crippen LogP contribution is 2.26. The van der Waals surface area contributed by atoms with Crippen molar-refractivity contribution < 1.29 is 0 Å². The third kappa shape index (κ3) is 1.97. The fourth-order valence-electron chi connectivity index (χ4n) is 1.03. The molecule has 0 atom stereocenters. The minimum absolute atomic E-state index is 0.198. The highest BCUT2D eigenvalue weighted by Gasteiger charge is 2.05. The van der Waals surface area contributed by atoms with Crippen LogP contribution in [0.15, 0.2) is 23.0 Å². The van der Waals surface area contributed by atoms with E-state index in [0.29, 0.717) is 15.1 Å². The molecule has 0 bridgehead atoms. The molecule has 1 N–H and O–H groups in total. The van der Waals surface area contributed by atoms with Crippen LogP contribution in [0.3, 0.4) is 0 Å². The minimum Gasteiger partial charge on any atom is -0.255 e. The molecule has 0 saturated carbocycles. The second kappa shape index (κ2) is 3.73. The molecule has 0 radical (unpaired) electrons. The molecule has 0 unspecified atom stereocenters. The molecule has 1 heterocycles. The summed E-state index contributed by atoms with van der Waals surface area (Å²) in [5.74, 6) is 0. The van der Waals surface area contributed by atoms with Gasteiger partial charge >= 0.3 is 4.87 Å². The third-order valence-corrected chi connectivity index (χ3v) is 2.78. The van der Waals surface area contributed by atoms with Gasteiger partial charge in [0.2, 0.25) is 0 Å². The van der Waals surface area contributed by atoms with Crippen LogP contribution in [0.25, 0.3) is 10.6 Å². The summed E-state index contributed by atoms with van der Waals surface area (Å²) in [6.07, 6.45) is 0. The number of aromatic amines is 1. The summed E-state index contributed by atoms with van der Waals surface area (Å²) in [6.45, 7) is 0. The van der Waals surface area contributed by atoms with Crippen LogP contribution in [0, 0.1) is 0 Å². The Hall–Kier alpha value is -0.840. The van der Waals surface area contributed by atoms with E-state index in [4.69, 9.17) is 23.2 Å².